The predicted molar refractivity (Wildman–Crippen MR) is 162 cm³/mol. The Morgan fingerprint density at radius 3 is 1.98 bits per heavy atom. The molecule has 40 heavy (non-hydrogen) atoms. The minimum atomic E-state index is -0.517. The molecule has 2 N–H and O–H groups in total. The van der Waals surface area contributed by atoms with Gasteiger partial charge in [0.15, 0.2) is 0 Å². The lowest BCUT2D eigenvalue weighted by Gasteiger charge is -2.18. The largest absolute Gasteiger partial charge is 0.497 e. The first-order valence-corrected chi connectivity index (χ1v) is 13.6. The summed E-state index contributed by atoms with van der Waals surface area (Å²) in [6.45, 7) is 0. The average molecular weight is 549 g/mol. The first-order valence-electron chi connectivity index (χ1n) is 12.7. The van der Waals surface area contributed by atoms with E-state index >= 15 is 0 Å². The van der Waals surface area contributed by atoms with E-state index in [-0.39, 0.29) is 11.8 Å². The van der Waals surface area contributed by atoms with E-state index in [0.29, 0.717) is 28.4 Å². The third kappa shape index (κ3) is 6.45. The molecule has 0 aromatic heterocycles. The van der Waals surface area contributed by atoms with Crippen molar-refractivity contribution in [3.8, 4) is 11.5 Å². The Morgan fingerprint density at radius 1 is 0.650 bits per heavy atom. The van der Waals surface area contributed by atoms with E-state index in [2.05, 4.69) is 10.6 Å². The number of hydrogen-bond acceptors (Lipinski definition) is 5. The lowest BCUT2D eigenvalue weighted by Crippen LogP contribution is -2.19. The fourth-order valence-electron chi connectivity index (χ4n) is 4.27. The number of ether oxygens (including phenoxy) is 2. The molecule has 200 valence electrons. The van der Waals surface area contributed by atoms with Gasteiger partial charge in [-0.25, -0.2) is 0 Å². The number of thioether (sulfide) groups is 1. The number of nitrogens with one attached hydrogen (secondary N) is 2. The number of methoxy groups -OCH3 is 2. The molecule has 1 unspecified atom stereocenters. The first kappa shape index (κ1) is 26.8. The highest BCUT2D eigenvalue weighted by atomic mass is 32.2. The van der Waals surface area contributed by atoms with E-state index in [0.717, 1.165) is 21.2 Å². The van der Waals surface area contributed by atoms with Gasteiger partial charge >= 0.3 is 0 Å². The molecular weight excluding hydrogens is 520 g/mol. The number of carbonyl (C=O) groups excluding carboxylic acids is 2. The molecule has 0 saturated heterocycles. The summed E-state index contributed by atoms with van der Waals surface area (Å²) < 4.78 is 10.7. The standard InChI is InChI=1S/C33H28N2O4S/c1-38-28-19-27(20-29(21-28)39-2)35-33(37)31(23-9-4-3-5-10-23)40-30-16-14-26(15-17-30)34-32(36)25-13-12-22-8-6-7-11-24(22)18-25/h3-21,31H,1-2H3,(H,34,36)(H,35,37). The first-order chi connectivity index (χ1) is 19.5. The number of anilines is 2. The molecule has 0 saturated carbocycles. The van der Waals surface area contributed by atoms with Gasteiger partial charge in [0.1, 0.15) is 16.7 Å². The van der Waals surface area contributed by atoms with Crippen LogP contribution in [0.3, 0.4) is 0 Å². The second-order valence-electron chi connectivity index (χ2n) is 9.04. The molecule has 0 spiro atoms. The van der Waals surface area contributed by atoms with Crippen LogP contribution in [0.5, 0.6) is 11.5 Å². The van der Waals surface area contributed by atoms with Crippen LogP contribution in [-0.4, -0.2) is 26.0 Å². The second-order valence-corrected chi connectivity index (χ2v) is 10.2. The minimum Gasteiger partial charge on any atom is -0.497 e. The summed E-state index contributed by atoms with van der Waals surface area (Å²) in [5.41, 5.74) is 2.71. The molecule has 5 rings (SSSR count). The van der Waals surface area contributed by atoms with Gasteiger partial charge in [-0.05, 0) is 52.7 Å². The summed E-state index contributed by atoms with van der Waals surface area (Å²) in [5, 5.41) is 7.55. The van der Waals surface area contributed by atoms with Crippen LogP contribution in [0.2, 0.25) is 0 Å². The van der Waals surface area contributed by atoms with Gasteiger partial charge in [-0.3, -0.25) is 9.59 Å². The zero-order valence-corrected chi connectivity index (χ0v) is 22.9. The predicted octanol–water partition coefficient (Wildman–Crippen LogP) is 7.58. The number of fused-ring (bicyclic) bond motifs is 1. The normalized spacial score (nSPS) is 11.4. The highest BCUT2D eigenvalue weighted by molar-refractivity contribution is 8.00. The van der Waals surface area contributed by atoms with Gasteiger partial charge in [-0.1, -0.05) is 60.7 Å². The SMILES string of the molecule is COc1cc(NC(=O)C(Sc2ccc(NC(=O)c3ccc4ccccc4c3)cc2)c2ccccc2)cc(OC)c1. The third-order valence-electron chi connectivity index (χ3n) is 6.34. The highest BCUT2D eigenvalue weighted by Gasteiger charge is 2.23. The number of rotatable bonds is 9. The molecule has 0 bridgehead atoms. The molecule has 5 aromatic carbocycles. The summed E-state index contributed by atoms with van der Waals surface area (Å²) in [6.07, 6.45) is 0. The maximum absolute atomic E-state index is 13.5. The zero-order valence-electron chi connectivity index (χ0n) is 22.1. The van der Waals surface area contributed by atoms with Crippen LogP contribution in [-0.2, 0) is 4.79 Å². The summed E-state index contributed by atoms with van der Waals surface area (Å²) in [6, 6.07) is 35.9. The molecule has 0 heterocycles. The lowest BCUT2D eigenvalue weighted by atomic mass is 10.1. The molecule has 2 amide bonds. The van der Waals surface area contributed by atoms with Crippen molar-refractivity contribution in [1.82, 2.24) is 0 Å². The molecule has 7 heteroatoms. The zero-order chi connectivity index (χ0) is 27.9. The second kappa shape index (κ2) is 12.4. The van der Waals surface area contributed by atoms with Gasteiger partial charge in [0, 0.05) is 40.0 Å². The van der Waals surface area contributed by atoms with Gasteiger partial charge in [-0.15, -0.1) is 11.8 Å². The number of benzene rings is 5. The number of amides is 2. The highest BCUT2D eigenvalue weighted by Crippen LogP contribution is 2.37. The fraction of sp³-hybridized carbons (Fsp3) is 0.0909. The Hall–Kier alpha value is -4.75. The van der Waals surface area contributed by atoms with Gasteiger partial charge in [0.25, 0.3) is 5.91 Å². The van der Waals surface area contributed by atoms with E-state index in [1.165, 1.54) is 11.8 Å². The minimum absolute atomic E-state index is 0.179. The van der Waals surface area contributed by atoms with Crippen molar-refractivity contribution in [2.45, 2.75) is 10.1 Å². The smallest absolute Gasteiger partial charge is 0.255 e. The van der Waals surface area contributed by atoms with Gasteiger partial charge in [-0.2, -0.15) is 0 Å². The molecule has 0 aliphatic rings. The average Bonchev–Trinajstić information content (AvgIpc) is 3.00. The van der Waals surface area contributed by atoms with Crippen LogP contribution in [0.15, 0.2) is 120 Å². The monoisotopic (exact) mass is 548 g/mol. The van der Waals surface area contributed by atoms with Gasteiger partial charge in [0.2, 0.25) is 5.91 Å². The molecule has 0 aliphatic carbocycles. The fourth-order valence-corrected chi connectivity index (χ4v) is 5.30. The van der Waals surface area contributed by atoms with Crippen molar-refractivity contribution in [2.24, 2.45) is 0 Å². The molecule has 5 aromatic rings. The quantitative estimate of drug-likeness (QED) is 0.186. The van der Waals surface area contributed by atoms with Crippen LogP contribution in [0.1, 0.15) is 21.2 Å². The Balaban J connectivity index is 1.31. The van der Waals surface area contributed by atoms with Crippen molar-refractivity contribution in [2.75, 3.05) is 24.9 Å². The molecule has 0 radical (unpaired) electrons. The van der Waals surface area contributed by atoms with E-state index < -0.39 is 5.25 Å². The van der Waals surface area contributed by atoms with Crippen LogP contribution >= 0.6 is 11.8 Å². The van der Waals surface area contributed by atoms with E-state index in [1.807, 2.05) is 97.1 Å². The van der Waals surface area contributed by atoms with Crippen molar-refractivity contribution < 1.29 is 19.1 Å². The Bertz CT molecular complexity index is 1620. The van der Waals surface area contributed by atoms with E-state index in [9.17, 15) is 9.59 Å². The molecular formula is C33H28N2O4S. The van der Waals surface area contributed by atoms with Crippen LogP contribution in [0.4, 0.5) is 11.4 Å². The van der Waals surface area contributed by atoms with Crippen molar-refractivity contribution in [1.29, 1.82) is 0 Å². The van der Waals surface area contributed by atoms with E-state index in [4.69, 9.17) is 9.47 Å². The lowest BCUT2D eigenvalue weighted by molar-refractivity contribution is -0.115. The number of carbonyl (C=O) groups is 2. The number of hydrogen-bond donors (Lipinski definition) is 2. The summed E-state index contributed by atoms with van der Waals surface area (Å²) in [5.74, 6) is 0.807. The van der Waals surface area contributed by atoms with Crippen molar-refractivity contribution >= 4 is 45.7 Å². The Morgan fingerprint density at radius 2 is 1.30 bits per heavy atom. The molecule has 0 aliphatic heterocycles. The topological polar surface area (TPSA) is 76.7 Å². The maximum atomic E-state index is 13.5. The Labute approximate surface area is 237 Å². The van der Waals surface area contributed by atoms with E-state index in [1.54, 1.807) is 32.4 Å². The maximum Gasteiger partial charge on any atom is 0.255 e. The molecule has 0 fully saturated rings. The van der Waals surface area contributed by atoms with Crippen LogP contribution in [0.25, 0.3) is 10.8 Å². The summed E-state index contributed by atoms with van der Waals surface area (Å²) in [7, 11) is 3.13. The van der Waals surface area contributed by atoms with Crippen molar-refractivity contribution in [3.05, 3.63) is 126 Å². The Kier molecular flexibility index (Phi) is 8.32. The van der Waals surface area contributed by atoms with Crippen LogP contribution < -0.4 is 20.1 Å². The van der Waals surface area contributed by atoms with Gasteiger partial charge < -0.3 is 20.1 Å². The van der Waals surface area contributed by atoms with Crippen molar-refractivity contribution in [3.63, 3.8) is 0 Å². The third-order valence-corrected chi connectivity index (χ3v) is 7.60. The van der Waals surface area contributed by atoms with Crippen LogP contribution in [0, 0.1) is 0 Å². The molecule has 1 atom stereocenters. The summed E-state index contributed by atoms with van der Waals surface area (Å²) >= 11 is 1.43. The molecule has 6 nitrogen and oxygen atoms in total. The summed E-state index contributed by atoms with van der Waals surface area (Å²) in [4.78, 5) is 27.3. The van der Waals surface area contributed by atoms with Gasteiger partial charge in [0.05, 0.1) is 14.2 Å².